The molecule has 1 rings (SSSR count). The van der Waals surface area contributed by atoms with Crippen molar-refractivity contribution in [1.82, 2.24) is 0 Å². The van der Waals surface area contributed by atoms with Crippen molar-refractivity contribution >= 4 is 11.8 Å². The number of hydrogen-bond acceptors (Lipinski definition) is 2. The second kappa shape index (κ2) is 5.22. The molecule has 0 aliphatic carbocycles. The van der Waals surface area contributed by atoms with Gasteiger partial charge in [0, 0.05) is 11.5 Å². The predicted octanol–water partition coefficient (Wildman–Crippen LogP) is 2.76. The fraction of sp³-hybridized carbons (Fsp3) is 0.300. The Bertz CT molecular complexity index is 235. The van der Waals surface area contributed by atoms with Crippen LogP contribution in [0.4, 0.5) is 0 Å². The fourth-order valence-electron chi connectivity index (χ4n) is 1.00. The van der Waals surface area contributed by atoms with Gasteiger partial charge in [0.25, 0.3) is 0 Å². The van der Waals surface area contributed by atoms with Crippen LogP contribution in [0.3, 0.4) is 0 Å². The third-order valence-corrected chi connectivity index (χ3v) is 2.43. The SMILES string of the molecule is [CH2]COCc1ccccc1SC. The van der Waals surface area contributed by atoms with E-state index in [9.17, 15) is 0 Å². The van der Waals surface area contributed by atoms with Crippen molar-refractivity contribution in [2.75, 3.05) is 12.9 Å². The molecule has 0 atom stereocenters. The van der Waals surface area contributed by atoms with Crippen LogP contribution in [-0.2, 0) is 11.3 Å². The molecule has 0 bridgehead atoms. The van der Waals surface area contributed by atoms with Gasteiger partial charge in [-0.3, -0.25) is 0 Å². The number of benzene rings is 1. The molecule has 0 aromatic heterocycles. The van der Waals surface area contributed by atoms with E-state index in [4.69, 9.17) is 4.74 Å². The Morgan fingerprint density at radius 3 is 2.83 bits per heavy atom. The molecule has 65 valence electrons. The highest BCUT2D eigenvalue weighted by Crippen LogP contribution is 2.20. The van der Waals surface area contributed by atoms with E-state index in [0.717, 1.165) is 0 Å². The minimum Gasteiger partial charge on any atom is -0.377 e. The highest BCUT2D eigenvalue weighted by Gasteiger charge is 1.98. The summed E-state index contributed by atoms with van der Waals surface area (Å²) in [7, 11) is 0. The van der Waals surface area contributed by atoms with Gasteiger partial charge in [-0.1, -0.05) is 18.2 Å². The lowest BCUT2D eigenvalue weighted by molar-refractivity contribution is 0.145. The predicted molar refractivity (Wildman–Crippen MR) is 53.2 cm³/mol. The Labute approximate surface area is 78.1 Å². The van der Waals surface area contributed by atoms with Gasteiger partial charge in [0.15, 0.2) is 0 Å². The van der Waals surface area contributed by atoms with E-state index < -0.39 is 0 Å². The van der Waals surface area contributed by atoms with E-state index in [0.29, 0.717) is 13.2 Å². The van der Waals surface area contributed by atoms with E-state index >= 15 is 0 Å². The normalized spacial score (nSPS) is 10.2. The number of hydrogen-bond donors (Lipinski definition) is 0. The minimum atomic E-state index is 0.530. The summed E-state index contributed by atoms with van der Waals surface area (Å²) in [6.45, 7) is 4.82. The van der Waals surface area contributed by atoms with Crippen molar-refractivity contribution in [3.8, 4) is 0 Å². The molecule has 1 nitrogen and oxygen atoms in total. The Morgan fingerprint density at radius 2 is 2.17 bits per heavy atom. The lowest BCUT2D eigenvalue weighted by atomic mass is 10.2. The summed E-state index contributed by atoms with van der Waals surface area (Å²) < 4.78 is 5.24. The lowest BCUT2D eigenvalue weighted by Gasteiger charge is -2.05. The molecule has 2 heteroatoms. The van der Waals surface area contributed by atoms with Crippen LogP contribution < -0.4 is 0 Å². The number of rotatable bonds is 4. The first-order chi connectivity index (χ1) is 5.88. The zero-order chi connectivity index (χ0) is 8.81. The van der Waals surface area contributed by atoms with E-state index in [1.165, 1.54) is 10.5 Å². The quantitative estimate of drug-likeness (QED) is 0.660. The summed E-state index contributed by atoms with van der Waals surface area (Å²) in [5, 5.41) is 0. The largest absolute Gasteiger partial charge is 0.377 e. The van der Waals surface area contributed by atoms with E-state index in [1.807, 2.05) is 12.1 Å². The van der Waals surface area contributed by atoms with E-state index in [2.05, 4.69) is 25.3 Å². The van der Waals surface area contributed by atoms with Crippen molar-refractivity contribution in [3.05, 3.63) is 36.8 Å². The van der Waals surface area contributed by atoms with Crippen molar-refractivity contribution in [2.45, 2.75) is 11.5 Å². The molecular weight excluding hydrogens is 168 g/mol. The summed E-state index contributed by atoms with van der Waals surface area (Å²) in [6, 6.07) is 8.26. The molecule has 0 heterocycles. The molecule has 0 fully saturated rings. The Balaban J connectivity index is 2.68. The number of thioether (sulfide) groups is 1. The maximum absolute atomic E-state index is 5.24. The molecule has 0 amide bonds. The van der Waals surface area contributed by atoms with E-state index in [1.54, 1.807) is 11.8 Å². The molecule has 1 aromatic rings. The Morgan fingerprint density at radius 1 is 1.42 bits per heavy atom. The highest BCUT2D eigenvalue weighted by molar-refractivity contribution is 7.98. The first-order valence-corrected chi connectivity index (χ1v) is 5.10. The summed E-state index contributed by atoms with van der Waals surface area (Å²) in [5.74, 6) is 0. The molecule has 12 heavy (non-hydrogen) atoms. The van der Waals surface area contributed by atoms with Crippen LogP contribution in [0.5, 0.6) is 0 Å². The Hall–Kier alpha value is -0.470. The first kappa shape index (κ1) is 9.62. The lowest BCUT2D eigenvalue weighted by Crippen LogP contribution is -1.93. The molecular formula is C10H13OS. The van der Waals surface area contributed by atoms with Gasteiger partial charge in [0.1, 0.15) is 0 Å². The monoisotopic (exact) mass is 181 g/mol. The second-order valence-corrected chi connectivity index (χ2v) is 3.21. The van der Waals surface area contributed by atoms with Gasteiger partial charge < -0.3 is 4.74 Å². The van der Waals surface area contributed by atoms with Crippen LogP contribution in [0.15, 0.2) is 29.2 Å². The first-order valence-electron chi connectivity index (χ1n) is 3.87. The summed E-state index contributed by atoms with van der Waals surface area (Å²) >= 11 is 1.75. The van der Waals surface area contributed by atoms with Gasteiger partial charge >= 0.3 is 0 Å². The molecule has 1 aromatic carbocycles. The van der Waals surface area contributed by atoms with Gasteiger partial charge in [0.2, 0.25) is 0 Å². The van der Waals surface area contributed by atoms with Crippen molar-refractivity contribution in [1.29, 1.82) is 0 Å². The maximum atomic E-state index is 5.24. The minimum absolute atomic E-state index is 0.530. The van der Waals surface area contributed by atoms with Crippen LogP contribution in [0.1, 0.15) is 5.56 Å². The maximum Gasteiger partial charge on any atom is 0.0727 e. The van der Waals surface area contributed by atoms with Crippen LogP contribution in [0, 0.1) is 6.92 Å². The molecule has 0 spiro atoms. The van der Waals surface area contributed by atoms with Gasteiger partial charge in [0.05, 0.1) is 6.61 Å². The average molecular weight is 181 g/mol. The molecule has 1 radical (unpaired) electrons. The average Bonchev–Trinajstić information content (AvgIpc) is 2.15. The van der Waals surface area contributed by atoms with Crippen molar-refractivity contribution in [3.63, 3.8) is 0 Å². The van der Waals surface area contributed by atoms with Crippen LogP contribution >= 0.6 is 11.8 Å². The van der Waals surface area contributed by atoms with Crippen LogP contribution in [0.25, 0.3) is 0 Å². The molecule has 0 unspecified atom stereocenters. The molecule has 0 N–H and O–H groups in total. The zero-order valence-corrected chi connectivity index (χ0v) is 8.06. The van der Waals surface area contributed by atoms with Crippen molar-refractivity contribution in [2.24, 2.45) is 0 Å². The molecule has 0 saturated carbocycles. The highest BCUT2D eigenvalue weighted by atomic mass is 32.2. The van der Waals surface area contributed by atoms with Crippen molar-refractivity contribution < 1.29 is 4.74 Å². The second-order valence-electron chi connectivity index (χ2n) is 2.36. The Kier molecular flexibility index (Phi) is 4.19. The summed E-state index contributed by atoms with van der Waals surface area (Å²) in [5.41, 5.74) is 1.24. The topological polar surface area (TPSA) is 9.23 Å². The smallest absolute Gasteiger partial charge is 0.0727 e. The molecule has 0 aliphatic heterocycles. The van der Waals surface area contributed by atoms with Crippen LogP contribution in [0.2, 0.25) is 0 Å². The summed E-state index contributed by atoms with van der Waals surface area (Å²) in [4.78, 5) is 1.28. The van der Waals surface area contributed by atoms with Gasteiger partial charge in [-0.25, -0.2) is 0 Å². The zero-order valence-electron chi connectivity index (χ0n) is 7.25. The third-order valence-electron chi connectivity index (χ3n) is 1.59. The van der Waals surface area contributed by atoms with Crippen LogP contribution in [-0.4, -0.2) is 12.9 Å². The van der Waals surface area contributed by atoms with Gasteiger partial charge in [-0.2, -0.15) is 0 Å². The fourth-order valence-corrected chi connectivity index (χ4v) is 1.61. The van der Waals surface area contributed by atoms with Gasteiger partial charge in [-0.15, -0.1) is 11.8 Å². The standard InChI is InChI=1S/C10H13OS/c1-3-11-8-9-6-4-5-7-10(9)12-2/h4-7H,1,3,8H2,2H3. The molecule has 0 saturated heterocycles. The van der Waals surface area contributed by atoms with Gasteiger partial charge in [-0.05, 0) is 24.8 Å². The third kappa shape index (κ3) is 2.54. The summed E-state index contributed by atoms with van der Waals surface area (Å²) in [6.07, 6.45) is 2.07. The number of ether oxygens (including phenoxy) is 1. The molecule has 0 aliphatic rings. The van der Waals surface area contributed by atoms with E-state index in [-0.39, 0.29) is 0 Å².